The van der Waals surface area contributed by atoms with Crippen LogP contribution in [0.4, 0.5) is 0 Å². The topological polar surface area (TPSA) is 147 Å². The van der Waals surface area contributed by atoms with Crippen molar-refractivity contribution in [1.82, 2.24) is 0 Å². The summed E-state index contributed by atoms with van der Waals surface area (Å²) in [6.45, 7) is 0. The van der Waals surface area contributed by atoms with Crippen LogP contribution in [0.3, 0.4) is 0 Å². The molecule has 0 aliphatic carbocycles. The standard InChI is InChI=1S/C22H16N2O6/c23-19(25)17-13(11-5-1-3-7-15(11)29-21(17)27)9-10-14-12-6-2-4-8-16(12)30-22(28)18(14)20(24)26/h1-8H,9-10H2,(H2,23,25)(H2,24,26). The van der Waals surface area contributed by atoms with E-state index >= 15 is 0 Å². The van der Waals surface area contributed by atoms with Crippen LogP contribution >= 0.6 is 0 Å². The van der Waals surface area contributed by atoms with Gasteiger partial charge in [0.15, 0.2) is 0 Å². The van der Waals surface area contributed by atoms with Gasteiger partial charge in [-0.3, -0.25) is 9.59 Å². The van der Waals surface area contributed by atoms with Crippen LogP contribution in [-0.4, -0.2) is 11.8 Å². The lowest BCUT2D eigenvalue weighted by atomic mass is 9.93. The zero-order chi connectivity index (χ0) is 21.4. The number of amides is 2. The highest BCUT2D eigenvalue weighted by molar-refractivity contribution is 5.99. The number of hydrogen-bond acceptors (Lipinski definition) is 6. The number of fused-ring (bicyclic) bond motifs is 2. The number of hydrogen-bond donors (Lipinski definition) is 2. The van der Waals surface area contributed by atoms with Crippen LogP contribution in [0.15, 0.2) is 67.0 Å². The van der Waals surface area contributed by atoms with Gasteiger partial charge in [0.1, 0.15) is 22.3 Å². The van der Waals surface area contributed by atoms with E-state index in [1.165, 1.54) is 0 Å². The molecule has 0 saturated heterocycles. The fraction of sp³-hybridized carbons (Fsp3) is 0.0909. The molecular formula is C22H16N2O6. The molecule has 0 fully saturated rings. The van der Waals surface area contributed by atoms with Gasteiger partial charge in [-0.05, 0) is 36.1 Å². The van der Waals surface area contributed by atoms with Crippen molar-refractivity contribution in [3.63, 3.8) is 0 Å². The highest BCUT2D eigenvalue weighted by atomic mass is 16.4. The molecule has 0 saturated carbocycles. The first-order chi connectivity index (χ1) is 14.4. The summed E-state index contributed by atoms with van der Waals surface area (Å²) in [5, 5.41) is 1.08. The van der Waals surface area contributed by atoms with Gasteiger partial charge in [-0.2, -0.15) is 0 Å². The monoisotopic (exact) mass is 404 g/mol. The molecule has 8 heteroatoms. The van der Waals surface area contributed by atoms with E-state index in [1.807, 2.05) is 0 Å². The Kier molecular flexibility index (Phi) is 4.67. The van der Waals surface area contributed by atoms with Crippen LogP contribution in [0.1, 0.15) is 31.8 Å². The summed E-state index contributed by atoms with van der Waals surface area (Å²) in [5.74, 6) is -1.84. The second-order valence-electron chi connectivity index (χ2n) is 6.71. The van der Waals surface area contributed by atoms with Crippen LogP contribution < -0.4 is 22.7 Å². The van der Waals surface area contributed by atoms with Crippen molar-refractivity contribution in [3.05, 3.63) is 91.6 Å². The maximum atomic E-state index is 12.3. The Morgan fingerprint density at radius 3 is 1.40 bits per heavy atom. The number of rotatable bonds is 5. The van der Waals surface area contributed by atoms with Gasteiger partial charge < -0.3 is 20.3 Å². The van der Waals surface area contributed by atoms with Gasteiger partial charge in [0.05, 0.1) is 0 Å². The Hall–Kier alpha value is -4.20. The molecule has 8 nitrogen and oxygen atoms in total. The van der Waals surface area contributed by atoms with Crippen molar-refractivity contribution in [1.29, 1.82) is 0 Å². The molecule has 0 bridgehead atoms. The minimum Gasteiger partial charge on any atom is -0.422 e. The first-order valence-electron chi connectivity index (χ1n) is 9.07. The zero-order valence-corrected chi connectivity index (χ0v) is 15.6. The molecule has 4 aromatic rings. The van der Waals surface area contributed by atoms with E-state index in [4.69, 9.17) is 20.3 Å². The van der Waals surface area contributed by atoms with Crippen molar-refractivity contribution in [3.8, 4) is 0 Å². The molecule has 2 heterocycles. The Morgan fingerprint density at radius 1 is 0.667 bits per heavy atom. The fourth-order valence-corrected chi connectivity index (χ4v) is 3.70. The summed E-state index contributed by atoms with van der Waals surface area (Å²) in [5.41, 5.74) is 10.0. The minimum absolute atomic E-state index is 0.137. The number of carbonyl (C=O) groups is 2. The number of primary amides is 2. The highest BCUT2D eigenvalue weighted by Gasteiger charge is 2.22. The van der Waals surface area contributed by atoms with Crippen molar-refractivity contribution in [2.24, 2.45) is 11.5 Å². The van der Waals surface area contributed by atoms with E-state index in [9.17, 15) is 19.2 Å². The number of carbonyl (C=O) groups excluding carboxylic acids is 2. The normalized spacial score (nSPS) is 11.1. The molecule has 0 aliphatic heterocycles. The number of nitrogens with two attached hydrogens (primary N) is 2. The fourth-order valence-electron chi connectivity index (χ4n) is 3.70. The van der Waals surface area contributed by atoms with E-state index in [2.05, 4.69) is 0 Å². The third kappa shape index (κ3) is 3.14. The van der Waals surface area contributed by atoms with E-state index in [0.29, 0.717) is 33.1 Å². The van der Waals surface area contributed by atoms with Gasteiger partial charge in [0, 0.05) is 10.8 Å². The largest absolute Gasteiger partial charge is 0.422 e. The predicted octanol–water partition coefficient (Wildman–Crippen LogP) is 1.88. The van der Waals surface area contributed by atoms with Gasteiger partial charge in [-0.25, -0.2) is 9.59 Å². The molecule has 0 unspecified atom stereocenters. The number of para-hydroxylation sites is 2. The van der Waals surface area contributed by atoms with Crippen LogP contribution in [0.25, 0.3) is 21.9 Å². The third-order valence-electron chi connectivity index (χ3n) is 4.96. The van der Waals surface area contributed by atoms with Crippen molar-refractivity contribution in [2.45, 2.75) is 12.8 Å². The molecule has 30 heavy (non-hydrogen) atoms. The molecule has 2 aromatic heterocycles. The molecule has 4 rings (SSSR count). The summed E-state index contributed by atoms with van der Waals surface area (Å²) in [6, 6.07) is 13.5. The second-order valence-corrected chi connectivity index (χ2v) is 6.71. The summed E-state index contributed by atoms with van der Waals surface area (Å²) >= 11 is 0. The van der Waals surface area contributed by atoms with Gasteiger partial charge in [0.25, 0.3) is 11.8 Å². The summed E-state index contributed by atoms with van der Waals surface area (Å²) in [7, 11) is 0. The molecule has 150 valence electrons. The Labute approximate surface area is 168 Å². The summed E-state index contributed by atoms with van der Waals surface area (Å²) in [6.07, 6.45) is 0.274. The summed E-state index contributed by atoms with van der Waals surface area (Å²) in [4.78, 5) is 48.6. The van der Waals surface area contributed by atoms with Gasteiger partial charge in [-0.1, -0.05) is 36.4 Å². The molecule has 0 radical (unpaired) electrons. The molecule has 0 aliphatic rings. The summed E-state index contributed by atoms with van der Waals surface area (Å²) < 4.78 is 10.4. The maximum absolute atomic E-state index is 12.3. The van der Waals surface area contributed by atoms with Crippen LogP contribution in [0.5, 0.6) is 0 Å². The molecule has 2 aromatic carbocycles. The van der Waals surface area contributed by atoms with Crippen LogP contribution in [0, 0.1) is 0 Å². The van der Waals surface area contributed by atoms with Crippen LogP contribution in [0.2, 0.25) is 0 Å². The minimum atomic E-state index is -0.919. The van der Waals surface area contributed by atoms with E-state index in [1.54, 1.807) is 48.5 Å². The molecule has 2 amide bonds. The average molecular weight is 404 g/mol. The SMILES string of the molecule is NC(=O)c1c(CCc2c(C(N)=O)c(=O)oc3ccccc23)c2ccccc2oc1=O. The number of benzene rings is 2. The number of aryl methyl sites for hydroxylation is 2. The van der Waals surface area contributed by atoms with E-state index in [0.717, 1.165) is 0 Å². The Bertz CT molecular complexity index is 1340. The van der Waals surface area contributed by atoms with Gasteiger partial charge >= 0.3 is 11.3 Å². The van der Waals surface area contributed by atoms with Crippen LogP contribution in [-0.2, 0) is 12.8 Å². The Balaban J connectivity index is 1.93. The quantitative estimate of drug-likeness (QED) is 0.486. The predicted molar refractivity (Wildman–Crippen MR) is 109 cm³/mol. The lowest BCUT2D eigenvalue weighted by Crippen LogP contribution is -2.26. The van der Waals surface area contributed by atoms with E-state index < -0.39 is 23.1 Å². The lowest BCUT2D eigenvalue weighted by Gasteiger charge is -2.12. The van der Waals surface area contributed by atoms with Crippen molar-refractivity contribution >= 4 is 33.8 Å². The van der Waals surface area contributed by atoms with E-state index in [-0.39, 0.29) is 24.0 Å². The lowest BCUT2D eigenvalue weighted by molar-refractivity contribution is 0.0986. The van der Waals surface area contributed by atoms with Crippen molar-refractivity contribution < 1.29 is 18.4 Å². The third-order valence-corrected chi connectivity index (χ3v) is 4.96. The first-order valence-corrected chi connectivity index (χ1v) is 9.07. The van der Waals surface area contributed by atoms with Gasteiger partial charge in [0.2, 0.25) is 0 Å². The molecule has 4 N–H and O–H groups in total. The molecule has 0 atom stereocenters. The zero-order valence-electron chi connectivity index (χ0n) is 15.6. The van der Waals surface area contributed by atoms with Crippen molar-refractivity contribution in [2.75, 3.05) is 0 Å². The van der Waals surface area contributed by atoms with Gasteiger partial charge in [-0.15, -0.1) is 0 Å². The Morgan fingerprint density at radius 2 is 1.03 bits per heavy atom. The smallest absolute Gasteiger partial charge is 0.349 e. The first kappa shape index (κ1) is 19.1. The molecule has 0 spiro atoms. The second kappa shape index (κ2) is 7.32. The highest BCUT2D eigenvalue weighted by Crippen LogP contribution is 2.25. The maximum Gasteiger partial charge on any atom is 0.349 e. The molecular weight excluding hydrogens is 388 g/mol. The average Bonchev–Trinajstić information content (AvgIpc) is 2.70.